The van der Waals surface area contributed by atoms with Crippen molar-refractivity contribution in [1.82, 2.24) is 14.9 Å². The van der Waals surface area contributed by atoms with Crippen molar-refractivity contribution in [2.75, 3.05) is 5.32 Å². The number of anilines is 1. The molecular formula is C19H16FN5O4. The van der Waals surface area contributed by atoms with Gasteiger partial charge in [-0.3, -0.25) is 19.7 Å². The highest BCUT2D eigenvalue weighted by molar-refractivity contribution is 6.01. The number of non-ortho nitro benzene ring substituents is 1. The lowest BCUT2D eigenvalue weighted by Gasteiger charge is -2.15. The van der Waals surface area contributed by atoms with E-state index in [2.05, 4.69) is 15.6 Å². The predicted octanol–water partition coefficient (Wildman–Crippen LogP) is 2.68. The molecule has 0 aliphatic rings. The number of imidazole rings is 1. The van der Waals surface area contributed by atoms with Crippen molar-refractivity contribution in [3.8, 4) is 5.69 Å². The Labute approximate surface area is 164 Å². The zero-order valence-electron chi connectivity index (χ0n) is 15.2. The monoisotopic (exact) mass is 397 g/mol. The molecule has 0 saturated heterocycles. The van der Waals surface area contributed by atoms with Crippen LogP contribution in [0.25, 0.3) is 5.69 Å². The quantitative estimate of drug-likeness (QED) is 0.490. The molecule has 29 heavy (non-hydrogen) atoms. The van der Waals surface area contributed by atoms with E-state index < -0.39 is 28.6 Å². The van der Waals surface area contributed by atoms with Crippen molar-refractivity contribution in [2.24, 2.45) is 0 Å². The first-order chi connectivity index (χ1) is 13.8. The Morgan fingerprint density at radius 2 is 2.03 bits per heavy atom. The molecule has 3 rings (SSSR count). The van der Waals surface area contributed by atoms with Gasteiger partial charge in [-0.25, -0.2) is 9.37 Å². The summed E-state index contributed by atoms with van der Waals surface area (Å²) in [5.41, 5.74) is 0.304. The summed E-state index contributed by atoms with van der Waals surface area (Å²) in [4.78, 5) is 38.6. The van der Waals surface area contributed by atoms with Crippen LogP contribution in [0.1, 0.15) is 17.3 Å². The molecule has 2 N–H and O–H groups in total. The highest BCUT2D eigenvalue weighted by atomic mass is 19.1. The van der Waals surface area contributed by atoms with Crippen LogP contribution in [0, 0.1) is 15.9 Å². The number of amides is 2. The molecule has 2 aromatic carbocycles. The fraction of sp³-hybridized carbons (Fsp3) is 0.105. The van der Waals surface area contributed by atoms with Crippen molar-refractivity contribution in [2.45, 2.75) is 13.0 Å². The van der Waals surface area contributed by atoms with E-state index in [0.29, 0.717) is 0 Å². The SMILES string of the molecule is CC(NC(=O)c1cccc([N+](=O)[O-])c1)C(=O)Nc1ccc(-n2ccnc2)c(F)c1. The maximum Gasteiger partial charge on any atom is 0.270 e. The van der Waals surface area contributed by atoms with Crippen LogP contribution >= 0.6 is 0 Å². The normalized spacial score (nSPS) is 11.5. The molecular weight excluding hydrogens is 381 g/mol. The van der Waals surface area contributed by atoms with Gasteiger partial charge in [0.1, 0.15) is 11.9 Å². The van der Waals surface area contributed by atoms with Gasteiger partial charge in [0.15, 0.2) is 0 Å². The maximum atomic E-state index is 14.3. The molecule has 0 aliphatic carbocycles. The van der Waals surface area contributed by atoms with Crippen LogP contribution in [0.15, 0.2) is 61.2 Å². The second-order valence-corrected chi connectivity index (χ2v) is 6.13. The molecule has 0 fully saturated rings. The van der Waals surface area contributed by atoms with Crippen LogP contribution < -0.4 is 10.6 Å². The van der Waals surface area contributed by atoms with Gasteiger partial charge >= 0.3 is 0 Å². The number of carbonyl (C=O) groups is 2. The zero-order chi connectivity index (χ0) is 21.0. The van der Waals surface area contributed by atoms with Crippen LogP contribution in [-0.4, -0.2) is 32.3 Å². The number of halogens is 1. The Balaban J connectivity index is 1.65. The minimum absolute atomic E-state index is 0.0505. The smallest absolute Gasteiger partial charge is 0.270 e. The highest BCUT2D eigenvalue weighted by Crippen LogP contribution is 2.18. The third-order valence-corrected chi connectivity index (χ3v) is 4.06. The molecule has 1 heterocycles. The minimum Gasteiger partial charge on any atom is -0.341 e. The number of carbonyl (C=O) groups excluding carboxylic acids is 2. The molecule has 10 heteroatoms. The fourth-order valence-corrected chi connectivity index (χ4v) is 2.55. The summed E-state index contributed by atoms with van der Waals surface area (Å²) >= 11 is 0. The molecule has 0 bridgehead atoms. The molecule has 0 saturated carbocycles. The first-order valence-corrected chi connectivity index (χ1v) is 8.49. The van der Waals surface area contributed by atoms with Crippen LogP contribution in [-0.2, 0) is 4.79 Å². The van der Waals surface area contributed by atoms with Gasteiger partial charge in [0.25, 0.3) is 11.6 Å². The third kappa shape index (κ3) is 4.61. The number of hydrogen-bond donors (Lipinski definition) is 2. The van der Waals surface area contributed by atoms with Crippen LogP contribution in [0.3, 0.4) is 0 Å². The lowest BCUT2D eigenvalue weighted by atomic mass is 10.1. The average molecular weight is 397 g/mol. The van der Waals surface area contributed by atoms with Gasteiger partial charge in [-0.05, 0) is 31.2 Å². The summed E-state index contributed by atoms with van der Waals surface area (Å²) in [6.45, 7) is 1.45. The number of nitro benzene ring substituents is 1. The first kappa shape index (κ1) is 19.7. The summed E-state index contributed by atoms with van der Waals surface area (Å²) in [5, 5.41) is 15.8. The van der Waals surface area contributed by atoms with E-state index in [4.69, 9.17) is 0 Å². The zero-order valence-corrected chi connectivity index (χ0v) is 15.2. The lowest BCUT2D eigenvalue weighted by molar-refractivity contribution is -0.384. The van der Waals surface area contributed by atoms with Gasteiger partial charge < -0.3 is 15.2 Å². The fourth-order valence-electron chi connectivity index (χ4n) is 2.55. The van der Waals surface area contributed by atoms with E-state index in [1.165, 1.54) is 54.3 Å². The number of hydrogen-bond acceptors (Lipinski definition) is 5. The molecule has 9 nitrogen and oxygen atoms in total. The number of rotatable bonds is 6. The van der Waals surface area contributed by atoms with Gasteiger partial charge in [0.2, 0.25) is 5.91 Å². The van der Waals surface area contributed by atoms with Crippen LogP contribution in [0.4, 0.5) is 15.8 Å². The largest absolute Gasteiger partial charge is 0.341 e. The number of benzene rings is 2. The molecule has 0 aliphatic heterocycles. The topological polar surface area (TPSA) is 119 Å². The molecule has 148 valence electrons. The Morgan fingerprint density at radius 3 is 2.69 bits per heavy atom. The highest BCUT2D eigenvalue weighted by Gasteiger charge is 2.19. The van der Waals surface area contributed by atoms with E-state index >= 15 is 0 Å². The van der Waals surface area contributed by atoms with Gasteiger partial charge in [-0.2, -0.15) is 0 Å². The first-order valence-electron chi connectivity index (χ1n) is 8.49. The maximum absolute atomic E-state index is 14.3. The number of nitrogens with zero attached hydrogens (tertiary/aromatic N) is 3. The lowest BCUT2D eigenvalue weighted by Crippen LogP contribution is -2.41. The van der Waals surface area contributed by atoms with Crippen LogP contribution in [0.2, 0.25) is 0 Å². The van der Waals surface area contributed by atoms with E-state index in [1.54, 1.807) is 6.20 Å². The van der Waals surface area contributed by atoms with E-state index in [9.17, 15) is 24.1 Å². The standard InChI is InChI=1S/C19H16FN5O4/c1-12(22-19(27)13-3-2-4-15(9-13)25(28)29)18(26)23-14-5-6-17(16(20)10-14)24-8-7-21-11-24/h2-12H,1H3,(H,22,27)(H,23,26). The summed E-state index contributed by atoms with van der Waals surface area (Å²) in [5.74, 6) is -1.77. The molecule has 1 unspecified atom stereocenters. The van der Waals surface area contributed by atoms with Crippen molar-refractivity contribution in [3.63, 3.8) is 0 Å². The second kappa shape index (κ2) is 8.30. The molecule has 0 spiro atoms. The summed E-state index contributed by atoms with van der Waals surface area (Å²) in [7, 11) is 0. The number of nitrogens with one attached hydrogen (secondary N) is 2. The Morgan fingerprint density at radius 1 is 1.24 bits per heavy atom. The number of aromatic nitrogens is 2. The summed E-state index contributed by atoms with van der Waals surface area (Å²) < 4.78 is 15.8. The van der Waals surface area contributed by atoms with Gasteiger partial charge in [0, 0.05) is 35.8 Å². The summed E-state index contributed by atoms with van der Waals surface area (Å²) in [6, 6.07) is 8.35. The molecule has 2 amide bonds. The Hall–Kier alpha value is -4.08. The molecule has 1 atom stereocenters. The predicted molar refractivity (Wildman–Crippen MR) is 102 cm³/mol. The number of nitro groups is 1. The molecule has 3 aromatic rings. The average Bonchev–Trinajstić information content (AvgIpc) is 3.22. The van der Waals surface area contributed by atoms with Crippen molar-refractivity contribution in [1.29, 1.82) is 0 Å². The van der Waals surface area contributed by atoms with E-state index in [-0.39, 0.29) is 22.6 Å². The Kier molecular flexibility index (Phi) is 5.63. The third-order valence-electron chi connectivity index (χ3n) is 4.06. The second-order valence-electron chi connectivity index (χ2n) is 6.13. The van der Waals surface area contributed by atoms with Crippen molar-refractivity contribution < 1.29 is 18.9 Å². The molecule has 1 aromatic heterocycles. The van der Waals surface area contributed by atoms with Crippen molar-refractivity contribution in [3.05, 3.63) is 82.7 Å². The summed E-state index contributed by atoms with van der Waals surface area (Å²) in [6.07, 6.45) is 4.55. The van der Waals surface area contributed by atoms with Crippen molar-refractivity contribution >= 4 is 23.2 Å². The Bertz CT molecular complexity index is 1070. The van der Waals surface area contributed by atoms with Gasteiger partial charge in [-0.15, -0.1) is 0 Å². The molecule has 0 radical (unpaired) electrons. The minimum atomic E-state index is -0.960. The van der Waals surface area contributed by atoms with E-state index in [1.807, 2.05) is 0 Å². The van der Waals surface area contributed by atoms with Crippen LogP contribution in [0.5, 0.6) is 0 Å². The van der Waals surface area contributed by atoms with E-state index in [0.717, 1.165) is 12.1 Å². The van der Waals surface area contributed by atoms with Gasteiger partial charge in [0.05, 0.1) is 16.9 Å². The van der Waals surface area contributed by atoms with Gasteiger partial charge in [-0.1, -0.05) is 6.07 Å².